The van der Waals surface area contributed by atoms with Crippen molar-refractivity contribution in [2.45, 2.75) is 20.3 Å². The number of hydrogen-bond donors (Lipinski definition) is 1. The van der Waals surface area contributed by atoms with Crippen molar-refractivity contribution in [2.24, 2.45) is 0 Å². The fraction of sp³-hybridized carbons (Fsp3) is 0.455. The van der Waals surface area contributed by atoms with Crippen LogP contribution in [0.5, 0.6) is 0 Å². The number of benzene rings is 1. The summed E-state index contributed by atoms with van der Waals surface area (Å²) in [5.74, 6) is -0.270. The highest BCUT2D eigenvalue weighted by Crippen LogP contribution is 2.29. The first kappa shape index (κ1) is 12.3. The minimum atomic E-state index is -0.270. The molecule has 1 aromatic rings. The molecule has 15 heavy (non-hydrogen) atoms. The van der Waals surface area contributed by atoms with Crippen LogP contribution in [0.2, 0.25) is 0 Å². The average molecular weight is 275 g/mol. The SMILES string of the molecule is CCCN(CC)c1cc(F)c(Br)cc1N. The summed E-state index contributed by atoms with van der Waals surface area (Å²) in [4.78, 5) is 2.07. The van der Waals surface area contributed by atoms with E-state index in [-0.39, 0.29) is 5.82 Å². The molecule has 0 saturated carbocycles. The van der Waals surface area contributed by atoms with Gasteiger partial charge in [0.2, 0.25) is 0 Å². The minimum absolute atomic E-state index is 0.270. The second-order valence-corrected chi connectivity index (χ2v) is 4.26. The monoisotopic (exact) mass is 274 g/mol. The van der Waals surface area contributed by atoms with Crippen LogP contribution in [0.4, 0.5) is 15.8 Å². The highest BCUT2D eigenvalue weighted by atomic mass is 79.9. The van der Waals surface area contributed by atoms with Crippen LogP contribution in [0.1, 0.15) is 20.3 Å². The van der Waals surface area contributed by atoms with Crippen LogP contribution in [0.25, 0.3) is 0 Å². The van der Waals surface area contributed by atoms with Gasteiger partial charge in [0.15, 0.2) is 0 Å². The summed E-state index contributed by atoms with van der Waals surface area (Å²) in [6.45, 7) is 5.85. The molecule has 0 aliphatic heterocycles. The van der Waals surface area contributed by atoms with Gasteiger partial charge in [-0.2, -0.15) is 0 Å². The van der Waals surface area contributed by atoms with E-state index in [0.29, 0.717) is 10.2 Å². The molecule has 0 atom stereocenters. The standard InChI is InChI=1S/C11H16BrFN2/c1-3-5-15(4-2)11-7-9(13)8(12)6-10(11)14/h6-7H,3-5,14H2,1-2H3. The van der Waals surface area contributed by atoms with Gasteiger partial charge in [0.25, 0.3) is 0 Å². The third-order valence-corrected chi connectivity index (χ3v) is 2.89. The van der Waals surface area contributed by atoms with Gasteiger partial charge in [0.1, 0.15) is 5.82 Å². The van der Waals surface area contributed by atoms with Gasteiger partial charge < -0.3 is 10.6 Å². The number of halogens is 2. The Morgan fingerprint density at radius 3 is 2.60 bits per heavy atom. The maximum Gasteiger partial charge on any atom is 0.139 e. The molecular weight excluding hydrogens is 259 g/mol. The molecule has 4 heteroatoms. The fourth-order valence-corrected chi connectivity index (χ4v) is 1.91. The van der Waals surface area contributed by atoms with Crippen molar-refractivity contribution in [3.05, 3.63) is 22.4 Å². The lowest BCUT2D eigenvalue weighted by Crippen LogP contribution is -2.24. The molecule has 0 bridgehead atoms. The molecule has 0 spiro atoms. The zero-order valence-corrected chi connectivity index (χ0v) is 10.6. The molecule has 1 aromatic carbocycles. The first-order valence-corrected chi connectivity index (χ1v) is 5.88. The van der Waals surface area contributed by atoms with Crippen LogP contribution >= 0.6 is 15.9 Å². The van der Waals surface area contributed by atoms with Crippen molar-refractivity contribution in [3.8, 4) is 0 Å². The van der Waals surface area contributed by atoms with Crippen LogP contribution in [0.15, 0.2) is 16.6 Å². The molecule has 0 heterocycles. The molecule has 2 N–H and O–H groups in total. The second-order valence-electron chi connectivity index (χ2n) is 3.40. The van der Waals surface area contributed by atoms with E-state index in [9.17, 15) is 4.39 Å². The van der Waals surface area contributed by atoms with Crippen LogP contribution in [-0.2, 0) is 0 Å². The van der Waals surface area contributed by atoms with Gasteiger partial charge in [0.05, 0.1) is 15.8 Å². The molecule has 2 nitrogen and oxygen atoms in total. The summed E-state index contributed by atoms with van der Waals surface area (Å²) in [6, 6.07) is 3.10. The third-order valence-electron chi connectivity index (χ3n) is 2.29. The molecule has 0 aliphatic rings. The normalized spacial score (nSPS) is 10.4. The van der Waals surface area contributed by atoms with Gasteiger partial charge >= 0.3 is 0 Å². The molecule has 1 rings (SSSR count). The molecule has 84 valence electrons. The van der Waals surface area contributed by atoms with E-state index in [1.54, 1.807) is 6.07 Å². The van der Waals surface area contributed by atoms with E-state index in [4.69, 9.17) is 5.73 Å². The number of rotatable bonds is 4. The summed E-state index contributed by atoms with van der Waals surface area (Å²) >= 11 is 3.12. The van der Waals surface area contributed by atoms with E-state index in [0.717, 1.165) is 25.2 Å². The Balaban J connectivity index is 3.06. The molecule has 0 fully saturated rings. The van der Waals surface area contributed by atoms with E-state index < -0.39 is 0 Å². The lowest BCUT2D eigenvalue weighted by Gasteiger charge is -2.24. The Morgan fingerprint density at radius 1 is 1.40 bits per heavy atom. The number of hydrogen-bond acceptors (Lipinski definition) is 2. The van der Waals surface area contributed by atoms with Crippen LogP contribution in [0.3, 0.4) is 0 Å². The number of anilines is 2. The average Bonchev–Trinajstić information content (AvgIpc) is 2.20. The Hall–Kier alpha value is -0.770. The molecule has 0 aromatic heterocycles. The van der Waals surface area contributed by atoms with Crippen molar-refractivity contribution < 1.29 is 4.39 Å². The Morgan fingerprint density at radius 2 is 2.07 bits per heavy atom. The van der Waals surface area contributed by atoms with Gasteiger partial charge in [0, 0.05) is 19.2 Å². The van der Waals surface area contributed by atoms with E-state index in [1.807, 2.05) is 6.92 Å². The predicted octanol–water partition coefficient (Wildman–Crippen LogP) is 3.41. The Labute approximate surface area is 98.4 Å². The summed E-state index contributed by atoms with van der Waals surface area (Å²) in [5.41, 5.74) is 7.25. The maximum atomic E-state index is 13.4. The van der Waals surface area contributed by atoms with Crippen molar-refractivity contribution in [3.63, 3.8) is 0 Å². The third kappa shape index (κ3) is 2.84. The van der Waals surface area contributed by atoms with Crippen LogP contribution in [0, 0.1) is 5.82 Å². The van der Waals surface area contributed by atoms with Crippen LogP contribution < -0.4 is 10.6 Å². The van der Waals surface area contributed by atoms with Crippen molar-refractivity contribution in [1.29, 1.82) is 0 Å². The van der Waals surface area contributed by atoms with Crippen molar-refractivity contribution in [1.82, 2.24) is 0 Å². The zero-order valence-electron chi connectivity index (χ0n) is 9.06. The highest BCUT2D eigenvalue weighted by Gasteiger charge is 2.10. The summed E-state index contributed by atoms with van der Waals surface area (Å²) < 4.78 is 13.8. The summed E-state index contributed by atoms with van der Waals surface area (Å²) in [7, 11) is 0. The molecule has 0 saturated heterocycles. The number of nitrogens with two attached hydrogens (primary N) is 1. The molecule has 0 unspecified atom stereocenters. The minimum Gasteiger partial charge on any atom is -0.397 e. The Kier molecular flexibility index (Phi) is 4.39. The number of nitrogens with zero attached hydrogens (tertiary/aromatic N) is 1. The van der Waals surface area contributed by atoms with Crippen LogP contribution in [-0.4, -0.2) is 13.1 Å². The second kappa shape index (κ2) is 5.35. The van der Waals surface area contributed by atoms with E-state index in [2.05, 4.69) is 27.8 Å². The van der Waals surface area contributed by atoms with Gasteiger partial charge in [-0.1, -0.05) is 6.92 Å². The van der Waals surface area contributed by atoms with E-state index >= 15 is 0 Å². The molecule has 0 aliphatic carbocycles. The first-order chi connectivity index (χ1) is 7.10. The maximum absolute atomic E-state index is 13.4. The largest absolute Gasteiger partial charge is 0.397 e. The van der Waals surface area contributed by atoms with Gasteiger partial charge in [-0.25, -0.2) is 4.39 Å². The van der Waals surface area contributed by atoms with Crippen molar-refractivity contribution in [2.75, 3.05) is 23.7 Å². The Bertz CT molecular complexity index is 342. The van der Waals surface area contributed by atoms with E-state index in [1.165, 1.54) is 6.07 Å². The first-order valence-electron chi connectivity index (χ1n) is 5.09. The highest BCUT2D eigenvalue weighted by molar-refractivity contribution is 9.10. The lowest BCUT2D eigenvalue weighted by molar-refractivity contribution is 0.620. The molecular formula is C11H16BrFN2. The summed E-state index contributed by atoms with van der Waals surface area (Å²) in [5, 5.41) is 0. The smallest absolute Gasteiger partial charge is 0.139 e. The topological polar surface area (TPSA) is 29.3 Å². The van der Waals surface area contributed by atoms with Crippen molar-refractivity contribution >= 4 is 27.3 Å². The number of nitrogen functional groups attached to an aromatic ring is 1. The van der Waals surface area contributed by atoms with Gasteiger partial charge in [-0.3, -0.25) is 0 Å². The predicted molar refractivity (Wildman–Crippen MR) is 66.7 cm³/mol. The fourth-order valence-electron chi connectivity index (χ4n) is 1.54. The lowest BCUT2D eigenvalue weighted by atomic mass is 10.2. The van der Waals surface area contributed by atoms with Gasteiger partial charge in [-0.15, -0.1) is 0 Å². The van der Waals surface area contributed by atoms with Gasteiger partial charge in [-0.05, 0) is 35.3 Å². The molecule has 0 radical (unpaired) electrons. The zero-order chi connectivity index (χ0) is 11.4. The summed E-state index contributed by atoms with van der Waals surface area (Å²) in [6.07, 6.45) is 1.02. The molecule has 0 amide bonds. The quantitative estimate of drug-likeness (QED) is 0.853.